The van der Waals surface area contributed by atoms with Gasteiger partial charge in [-0.05, 0) is 37.1 Å². The highest BCUT2D eigenvalue weighted by atomic mass is 32.1. The van der Waals surface area contributed by atoms with Crippen molar-refractivity contribution in [1.29, 1.82) is 0 Å². The van der Waals surface area contributed by atoms with Gasteiger partial charge in [0, 0.05) is 36.0 Å². The molecule has 0 aromatic carbocycles. The van der Waals surface area contributed by atoms with Crippen LogP contribution in [0, 0.1) is 5.92 Å². The Bertz CT molecular complexity index is 483. The van der Waals surface area contributed by atoms with Crippen molar-refractivity contribution in [3.63, 3.8) is 0 Å². The highest BCUT2D eigenvalue weighted by Gasteiger charge is 2.25. The average Bonchev–Trinajstić information content (AvgIpc) is 2.86. The van der Waals surface area contributed by atoms with Crippen LogP contribution in [0.25, 0.3) is 6.08 Å². The van der Waals surface area contributed by atoms with Gasteiger partial charge in [0.1, 0.15) is 0 Å². The topological polar surface area (TPSA) is 49.8 Å². The van der Waals surface area contributed by atoms with E-state index >= 15 is 0 Å². The molecule has 5 heteroatoms. The number of aliphatic carboxylic acids is 1. The van der Waals surface area contributed by atoms with Crippen molar-refractivity contribution in [3.05, 3.63) is 28.0 Å². The summed E-state index contributed by atoms with van der Waals surface area (Å²) in [7, 11) is 1.78. The molecule has 0 bridgehead atoms. The summed E-state index contributed by atoms with van der Waals surface area (Å²) in [5.74, 6) is -0.290. The molecule has 0 aliphatic carbocycles. The number of carbonyl (C=O) groups is 1. The molecule has 0 amide bonds. The summed E-state index contributed by atoms with van der Waals surface area (Å²) >= 11 is 1.65. The number of thiophene rings is 1. The lowest BCUT2D eigenvalue weighted by Gasteiger charge is -2.35. The predicted molar refractivity (Wildman–Crippen MR) is 80.8 cm³/mol. The molecule has 1 aromatic rings. The number of piperidine rings is 1. The minimum absolute atomic E-state index is 0.315. The van der Waals surface area contributed by atoms with Crippen LogP contribution in [0.2, 0.25) is 0 Å². The van der Waals surface area contributed by atoms with Gasteiger partial charge in [0.05, 0.1) is 6.10 Å². The molecule has 1 aromatic heterocycles. The standard InChI is InChI=1S/C15H21NO3S/c1-11-7-8-16(10-14(11)19-2)9-13-4-3-12(20-13)5-6-15(17)18/h3-6,11,14H,7-10H2,1-2H3,(H,17,18)/b6-5+. The summed E-state index contributed by atoms with van der Waals surface area (Å²) < 4.78 is 5.53. The summed E-state index contributed by atoms with van der Waals surface area (Å²) in [6.45, 7) is 5.22. The quantitative estimate of drug-likeness (QED) is 0.849. The first-order chi connectivity index (χ1) is 9.58. The van der Waals surface area contributed by atoms with Crippen molar-refractivity contribution >= 4 is 23.4 Å². The third kappa shape index (κ3) is 4.16. The van der Waals surface area contributed by atoms with Crippen molar-refractivity contribution in [1.82, 2.24) is 4.90 Å². The Hall–Kier alpha value is -1.17. The monoisotopic (exact) mass is 295 g/mol. The number of methoxy groups -OCH3 is 1. The Morgan fingerprint density at radius 1 is 1.60 bits per heavy atom. The zero-order valence-electron chi connectivity index (χ0n) is 11.9. The molecule has 4 nitrogen and oxygen atoms in total. The number of carboxylic acids is 1. The number of hydrogen-bond acceptors (Lipinski definition) is 4. The second-order valence-electron chi connectivity index (χ2n) is 5.25. The zero-order chi connectivity index (χ0) is 14.5. The molecule has 1 saturated heterocycles. The smallest absolute Gasteiger partial charge is 0.328 e. The van der Waals surface area contributed by atoms with Crippen LogP contribution in [0.3, 0.4) is 0 Å². The van der Waals surface area contributed by atoms with E-state index in [4.69, 9.17) is 9.84 Å². The molecule has 20 heavy (non-hydrogen) atoms. The number of hydrogen-bond donors (Lipinski definition) is 1. The molecule has 0 radical (unpaired) electrons. The fourth-order valence-electron chi connectivity index (χ4n) is 2.49. The van der Waals surface area contributed by atoms with Crippen LogP contribution in [0.5, 0.6) is 0 Å². The SMILES string of the molecule is COC1CN(Cc2ccc(/C=C/C(=O)O)s2)CCC1C. The molecule has 2 rings (SSSR count). The normalized spacial score (nSPS) is 24.3. The summed E-state index contributed by atoms with van der Waals surface area (Å²) in [5, 5.41) is 8.62. The number of rotatable bonds is 5. The highest BCUT2D eigenvalue weighted by Crippen LogP contribution is 2.24. The van der Waals surface area contributed by atoms with Gasteiger partial charge >= 0.3 is 5.97 Å². The lowest BCUT2D eigenvalue weighted by atomic mass is 9.96. The predicted octanol–water partition coefficient (Wildman–Crippen LogP) is 2.70. The Labute approximate surface area is 123 Å². The van der Waals surface area contributed by atoms with Gasteiger partial charge in [-0.15, -0.1) is 11.3 Å². The Morgan fingerprint density at radius 3 is 3.10 bits per heavy atom. The van der Waals surface area contributed by atoms with Gasteiger partial charge in [0.15, 0.2) is 0 Å². The van der Waals surface area contributed by atoms with Crippen LogP contribution < -0.4 is 0 Å². The molecule has 0 saturated carbocycles. The van der Waals surface area contributed by atoms with Gasteiger partial charge in [-0.3, -0.25) is 4.90 Å². The van der Waals surface area contributed by atoms with Crippen LogP contribution in [-0.2, 0) is 16.1 Å². The second-order valence-corrected chi connectivity index (χ2v) is 6.45. The van der Waals surface area contributed by atoms with Crippen LogP contribution in [0.15, 0.2) is 18.2 Å². The third-order valence-electron chi connectivity index (χ3n) is 3.73. The fourth-order valence-corrected chi connectivity index (χ4v) is 3.45. The number of carboxylic acid groups (broad SMARTS) is 1. The van der Waals surface area contributed by atoms with Crippen molar-refractivity contribution in [2.75, 3.05) is 20.2 Å². The van der Waals surface area contributed by atoms with Crippen molar-refractivity contribution in [2.45, 2.75) is 26.0 Å². The minimum Gasteiger partial charge on any atom is -0.478 e. The minimum atomic E-state index is -0.909. The Balaban J connectivity index is 1.92. The van der Waals surface area contributed by atoms with E-state index in [1.807, 2.05) is 6.07 Å². The number of nitrogens with zero attached hydrogens (tertiary/aromatic N) is 1. The Kier molecular flexibility index (Phi) is 5.34. The van der Waals surface area contributed by atoms with Crippen molar-refractivity contribution in [2.24, 2.45) is 5.92 Å². The van der Waals surface area contributed by atoms with Crippen LogP contribution in [0.1, 0.15) is 23.1 Å². The number of ether oxygens (including phenoxy) is 1. The summed E-state index contributed by atoms with van der Waals surface area (Å²) in [6.07, 6.45) is 4.30. The largest absolute Gasteiger partial charge is 0.478 e. The molecule has 1 fully saturated rings. The maximum Gasteiger partial charge on any atom is 0.328 e. The van der Waals surface area contributed by atoms with Gasteiger partial charge in [0.2, 0.25) is 0 Å². The first-order valence-electron chi connectivity index (χ1n) is 6.83. The van der Waals surface area contributed by atoms with Crippen LogP contribution >= 0.6 is 11.3 Å². The first kappa shape index (κ1) is 15.2. The molecule has 110 valence electrons. The van der Waals surface area contributed by atoms with Crippen LogP contribution in [0.4, 0.5) is 0 Å². The second kappa shape index (κ2) is 7.02. The van der Waals surface area contributed by atoms with Gasteiger partial charge in [-0.2, -0.15) is 0 Å². The van der Waals surface area contributed by atoms with E-state index in [0.717, 1.165) is 30.9 Å². The number of likely N-dealkylation sites (tertiary alicyclic amines) is 1. The Morgan fingerprint density at radius 2 is 2.40 bits per heavy atom. The van der Waals surface area contributed by atoms with Gasteiger partial charge in [0.25, 0.3) is 0 Å². The lowest BCUT2D eigenvalue weighted by Crippen LogP contribution is -2.43. The summed E-state index contributed by atoms with van der Waals surface area (Å²) in [5.41, 5.74) is 0. The molecular weight excluding hydrogens is 274 g/mol. The fraction of sp³-hybridized carbons (Fsp3) is 0.533. The van der Waals surface area contributed by atoms with Crippen LogP contribution in [-0.4, -0.2) is 42.3 Å². The molecule has 0 spiro atoms. The molecule has 2 atom stereocenters. The van der Waals surface area contributed by atoms with Gasteiger partial charge < -0.3 is 9.84 Å². The van der Waals surface area contributed by atoms with Gasteiger partial charge in [-0.25, -0.2) is 4.79 Å². The highest BCUT2D eigenvalue weighted by molar-refractivity contribution is 7.12. The lowest BCUT2D eigenvalue weighted by molar-refractivity contribution is -0.131. The summed E-state index contributed by atoms with van der Waals surface area (Å²) in [6, 6.07) is 4.05. The first-order valence-corrected chi connectivity index (χ1v) is 7.65. The molecule has 1 aliphatic heterocycles. The summed E-state index contributed by atoms with van der Waals surface area (Å²) in [4.78, 5) is 15.1. The van der Waals surface area contributed by atoms with E-state index in [1.165, 1.54) is 11.0 Å². The molecule has 1 aliphatic rings. The average molecular weight is 295 g/mol. The molecule has 2 heterocycles. The maximum atomic E-state index is 10.5. The molecule has 1 N–H and O–H groups in total. The van der Waals surface area contributed by atoms with Crippen molar-refractivity contribution in [3.8, 4) is 0 Å². The maximum absolute atomic E-state index is 10.5. The van der Waals surface area contributed by atoms with Gasteiger partial charge in [-0.1, -0.05) is 6.92 Å². The van der Waals surface area contributed by atoms with E-state index < -0.39 is 5.97 Å². The van der Waals surface area contributed by atoms with E-state index in [2.05, 4.69) is 17.9 Å². The molecular formula is C15H21NO3S. The third-order valence-corrected chi connectivity index (χ3v) is 4.76. The van der Waals surface area contributed by atoms with E-state index in [-0.39, 0.29) is 0 Å². The molecule has 2 unspecified atom stereocenters. The van der Waals surface area contributed by atoms with E-state index in [1.54, 1.807) is 24.5 Å². The van der Waals surface area contributed by atoms with E-state index in [9.17, 15) is 4.79 Å². The van der Waals surface area contributed by atoms with E-state index in [0.29, 0.717) is 12.0 Å². The van der Waals surface area contributed by atoms with Crippen molar-refractivity contribution < 1.29 is 14.6 Å². The zero-order valence-corrected chi connectivity index (χ0v) is 12.7.